The van der Waals surface area contributed by atoms with E-state index in [4.69, 9.17) is 0 Å². The van der Waals surface area contributed by atoms with Gasteiger partial charge in [-0.1, -0.05) is 23.4 Å². The normalized spacial score (nSPS) is 11.9. The molecule has 0 unspecified atom stereocenters. The lowest BCUT2D eigenvalue weighted by atomic mass is 10.1. The maximum Gasteiger partial charge on any atom is 0.573 e. The third-order valence-corrected chi connectivity index (χ3v) is 4.08. The highest BCUT2D eigenvalue weighted by molar-refractivity contribution is 5.89. The van der Waals surface area contributed by atoms with Gasteiger partial charge in [-0.25, -0.2) is 14.6 Å². The van der Waals surface area contributed by atoms with E-state index in [2.05, 4.69) is 30.0 Å². The predicted octanol–water partition coefficient (Wildman–Crippen LogP) is 3.47. The van der Waals surface area contributed by atoms with Crippen molar-refractivity contribution in [1.29, 1.82) is 0 Å². The van der Waals surface area contributed by atoms with Crippen LogP contribution in [-0.2, 0) is 6.54 Å². The van der Waals surface area contributed by atoms with Crippen molar-refractivity contribution in [3.63, 3.8) is 0 Å². The largest absolute Gasteiger partial charge is 0.573 e. The van der Waals surface area contributed by atoms with Crippen LogP contribution in [0.4, 0.5) is 13.2 Å². The van der Waals surface area contributed by atoms with E-state index in [-0.39, 0.29) is 12.3 Å². The molecule has 0 atom stereocenters. The lowest BCUT2D eigenvalue weighted by Crippen LogP contribution is -2.18. The molecule has 3 aromatic heterocycles. The molecule has 4 rings (SSSR count). The highest BCUT2D eigenvalue weighted by Crippen LogP contribution is 2.29. The highest BCUT2D eigenvalue weighted by Gasteiger charge is 2.32. The molecule has 10 heteroatoms. The van der Waals surface area contributed by atoms with Crippen LogP contribution in [0, 0.1) is 6.92 Å². The molecular formula is C17H13F3N6O. The minimum atomic E-state index is -4.76. The molecule has 1 N–H and O–H groups in total. The van der Waals surface area contributed by atoms with Crippen molar-refractivity contribution in [3.05, 3.63) is 54.1 Å². The maximum atomic E-state index is 12.6. The summed E-state index contributed by atoms with van der Waals surface area (Å²) in [6.07, 6.45) is -1.61. The standard InChI is InChI=1S/C17H13F3N6O/c1-10-14(15-12-6-7-21-16(12)23-9-22-15)24-25-26(10)8-11-4-2-3-5-13(11)27-17(18,19)20/h2-7,9H,8H2,1H3,(H,21,22,23). The van der Waals surface area contributed by atoms with E-state index in [0.29, 0.717) is 28.3 Å². The SMILES string of the molecule is Cc1c(-c2ncnc3[nH]ccc23)nnn1Cc1ccccc1OC(F)(F)F. The molecule has 0 fully saturated rings. The number of benzene rings is 1. The van der Waals surface area contributed by atoms with Gasteiger partial charge >= 0.3 is 6.36 Å². The average Bonchev–Trinajstić information content (AvgIpc) is 3.23. The number of ether oxygens (including phenoxy) is 1. The molecule has 3 heterocycles. The molecule has 0 bridgehead atoms. The summed E-state index contributed by atoms with van der Waals surface area (Å²) in [4.78, 5) is 11.4. The van der Waals surface area contributed by atoms with Crippen LogP contribution in [0.3, 0.4) is 0 Å². The fourth-order valence-electron chi connectivity index (χ4n) is 2.81. The number of nitrogens with zero attached hydrogens (tertiary/aromatic N) is 5. The van der Waals surface area contributed by atoms with Gasteiger partial charge in [0.1, 0.15) is 29.1 Å². The molecule has 0 radical (unpaired) electrons. The predicted molar refractivity (Wildman–Crippen MR) is 89.9 cm³/mol. The Morgan fingerprint density at radius 1 is 1.11 bits per heavy atom. The summed E-state index contributed by atoms with van der Waals surface area (Å²) in [6.45, 7) is 1.86. The minimum Gasteiger partial charge on any atom is -0.405 e. The molecule has 138 valence electrons. The van der Waals surface area contributed by atoms with Crippen LogP contribution in [0.2, 0.25) is 0 Å². The van der Waals surface area contributed by atoms with E-state index in [1.54, 1.807) is 25.3 Å². The van der Waals surface area contributed by atoms with Gasteiger partial charge in [0.2, 0.25) is 0 Å². The zero-order valence-electron chi connectivity index (χ0n) is 14.0. The van der Waals surface area contributed by atoms with Crippen LogP contribution in [0.5, 0.6) is 5.75 Å². The first-order valence-electron chi connectivity index (χ1n) is 7.94. The Kier molecular flexibility index (Phi) is 4.02. The number of nitrogens with one attached hydrogen (secondary N) is 1. The Morgan fingerprint density at radius 2 is 1.93 bits per heavy atom. The van der Waals surface area contributed by atoms with Crippen LogP contribution in [-0.4, -0.2) is 36.3 Å². The topological polar surface area (TPSA) is 81.5 Å². The zero-order chi connectivity index (χ0) is 19.0. The number of hydrogen-bond donors (Lipinski definition) is 1. The molecule has 1 aromatic carbocycles. The molecule has 0 aliphatic rings. The van der Waals surface area contributed by atoms with Gasteiger partial charge in [0.25, 0.3) is 0 Å². The number of alkyl halides is 3. The second kappa shape index (κ2) is 6.38. The molecule has 7 nitrogen and oxygen atoms in total. The molecule has 27 heavy (non-hydrogen) atoms. The molecule has 0 amide bonds. The van der Waals surface area contributed by atoms with Gasteiger partial charge in [-0.2, -0.15) is 0 Å². The molecule has 4 aromatic rings. The fraction of sp³-hybridized carbons (Fsp3) is 0.176. The van der Waals surface area contributed by atoms with Gasteiger partial charge in [0.05, 0.1) is 12.2 Å². The first-order chi connectivity index (χ1) is 12.9. The smallest absolute Gasteiger partial charge is 0.405 e. The number of para-hydroxylation sites is 1. The summed E-state index contributed by atoms with van der Waals surface area (Å²) in [6, 6.07) is 7.77. The number of fused-ring (bicyclic) bond motifs is 1. The lowest BCUT2D eigenvalue weighted by Gasteiger charge is -2.13. The molecule has 0 aliphatic heterocycles. The van der Waals surface area contributed by atoms with Crippen molar-refractivity contribution >= 4 is 11.0 Å². The van der Waals surface area contributed by atoms with Crippen molar-refractivity contribution in [2.24, 2.45) is 0 Å². The van der Waals surface area contributed by atoms with E-state index < -0.39 is 6.36 Å². The van der Waals surface area contributed by atoms with E-state index in [9.17, 15) is 13.2 Å². The Balaban J connectivity index is 1.69. The van der Waals surface area contributed by atoms with E-state index in [0.717, 1.165) is 5.39 Å². The number of rotatable bonds is 4. The van der Waals surface area contributed by atoms with Crippen molar-refractivity contribution in [2.75, 3.05) is 0 Å². The maximum absolute atomic E-state index is 12.6. The first kappa shape index (κ1) is 17.0. The molecular weight excluding hydrogens is 361 g/mol. The lowest BCUT2D eigenvalue weighted by molar-refractivity contribution is -0.274. The van der Waals surface area contributed by atoms with Gasteiger partial charge in [-0.3, -0.25) is 0 Å². The fourth-order valence-corrected chi connectivity index (χ4v) is 2.81. The van der Waals surface area contributed by atoms with Crippen LogP contribution in [0.1, 0.15) is 11.3 Å². The van der Waals surface area contributed by atoms with Crippen LogP contribution in [0.25, 0.3) is 22.4 Å². The van der Waals surface area contributed by atoms with Gasteiger partial charge < -0.3 is 9.72 Å². The first-order valence-corrected chi connectivity index (χ1v) is 7.94. The average molecular weight is 374 g/mol. The monoisotopic (exact) mass is 374 g/mol. The van der Waals surface area contributed by atoms with Crippen molar-refractivity contribution in [3.8, 4) is 17.1 Å². The Bertz CT molecular complexity index is 1100. The Hall–Kier alpha value is -3.43. The van der Waals surface area contributed by atoms with Crippen molar-refractivity contribution in [1.82, 2.24) is 29.9 Å². The summed E-state index contributed by atoms with van der Waals surface area (Å²) in [5.41, 5.74) is 2.81. The third kappa shape index (κ3) is 3.33. The summed E-state index contributed by atoms with van der Waals surface area (Å²) in [7, 11) is 0. The van der Waals surface area contributed by atoms with Gasteiger partial charge in [-0.05, 0) is 19.1 Å². The molecule has 0 saturated carbocycles. The molecule has 0 saturated heterocycles. The quantitative estimate of drug-likeness (QED) is 0.592. The van der Waals surface area contributed by atoms with E-state index in [1.807, 2.05) is 6.07 Å². The van der Waals surface area contributed by atoms with Crippen LogP contribution < -0.4 is 4.74 Å². The van der Waals surface area contributed by atoms with Gasteiger partial charge in [0.15, 0.2) is 0 Å². The summed E-state index contributed by atoms with van der Waals surface area (Å²) in [5, 5.41) is 9.02. The van der Waals surface area contributed by atoms with Crippen molar-refractivity contribution in [2.45, 2.75) is 19.8 Å². The second-order valence-corrected chi connectivity index (χ2v) is 5.80. The number of halogens is 3. The second-order valence-electron chi connectivity index (χ2n) is 5.80. The molecule has 0 aliphatic carbocycles. The number of aromatic nitrogens is 6. The van der Waals surface area contributed by atoms with E-state index in [1.165, 1.54) is 23.1 Å². The summed E-state index contributed by atoms with van der Waals surface area (Å²) in [5.74, 6) is -0.267. The third-order valence-electron chi connectivity index (χ3n) is 4.08. The highest BCUT2D eigenvalue weighted by atomic mass is 19.4. The van der Waals surface area contributed by atoms with Crippen LogP contribution >= 0.6 is 0 Å². The summed E-state index contributed by atoms with van der Waals surface area (Å²) < 4.78 is 43.4. The van der Waals surface area contributed by atoms with Gasteiger partial charge in [-0.15, -0.1) is 18.3 Å². The van der Waals surface area contributed by atoms with Crippen molar-refractivity contribution < 1.29 is 17.9 Å². The Labute approximate surface area is 150 Å². The Morgan fingerprint density at radius 3 is 2.74 bits per heavy atom. The minimum absolute atomic E-state index is 0.0758. The zero-order valence-corrected chi connectivity index (χ0v) is 14.0. The van der Waals surface area contributed by atoms with Crippen LogP contribution in [0.15, 0.2) is 42.9 Å². The number of hydrogen-bond acceptors (Lipinski definition) is 5. The summed E-state index contributed by atoms with van der Waals surface area (Å²) >= 11 is 0. The molecule has 0 spiro atoms. The number of H-pyrrole nitrogens is 1. The van der Waals surface area contributed by atoms with E-state index >= 15 is 0 Å². The number of aromatic amines is 1. The van der Waals surface area contributed by atoms with Gasteiger partial charge in [0, 0.05) is 17.1 Å².